The van der Waals surface area contributed by atoms with Gasteiger partial charge in [-0.05, 0) is 61.8 Å². The van der Waals surface area contributed by atoms with Crippen molar-refractivity contribution in [3.05, 3.63) is 30.0 Å². The molecule has 2 aliphatic rings. The molecule has 1 saturated carbocycles. The lowest BCUT2D eigenvalue weighted by molar-refractivity contribution is -0.137. The molecule has 2 aromatic rings. The number of aromatic nitrogens is 1. The molecule has 4 nitrogen and oxygen atoms in total. The largest absolute Gasteiger partial charge is 0.497 e. The van der Waals surface area contributed by atoms with Crippen molar-refractivity contribution in [2.75, 3.05) is 13.7 Å². The van der Waals surface area contributed by atoms with E-state index in [-0.39, 0.29) is 0 Å². The third-order valence-corrected chi connectivity index (χ3v) is 6.15. The highest BCUT2D eigenvalue weighted by molar-refractivity contribution is 5.85. The minimum atomic E-state index is 0.342. The number of benzene rings is 1. The van der Waals surface area contributed by atoms with E-state index in [1.165, 1.54) is 49.5 Å². The van der Waals surface area contributed by atoms with E-state index in [0.717, 1.165) is 30.1 Å². The zero-order valence-corrected chi connectivity index (χ0v) is 15.1. The quantitative estimate of drug-likeness (QED) is 0.902. The van der Waals surface area contributed by atoms with Gasteiger partial charge in [-0.2, -0.15) is 0 Å². The third kappa shape index (κ3) is 3.26. The van der Waals surface area contributed by atoms with Crippen LogP contribution in [0.15, 0.2) is 24.4 Å². The maximum Gasteiger partial charge on any atom is 0.223 e. The summed E-state index contributed by atoms with van der Waals surface area (Å²) in [6, 6.07) is 6.57. The molecule has 134 valence electrons. The Kier molecular flexibility index (Phi) is 4.69. The number of piperidine rings is 1. The van der Waals surface area contributed by atoms with Crippen molar-refractivity contribution in [1.82, 2.24) is 9.88 Å². The van der Waals surface area contributed by atoms with E-state index in [1.807, 2.05) is 18.3 Å². The predicted molar refractivity (Wildman–Crippen MR) is 99.9 cm³/mol. The summed E-state index contributed by atoms with van der Waals surface area (Å²) in [5, 5.41) is 1.17. The zero-order valence-electron chi connectivity index (χ0n) is 15.1. The molecule has 0 spiro atoms. The van der Waals surface area contributed by atoms with Crippen LogP contribution in [-0.2, 0) is 11.2 Å². The number of nitrogens with zero attached hydrogens (tertiary/aromatic N) is 1. The highest BCUT2D eigenvalue weighted by atomic mass is 16.5. The van der Waals surface area contributed by atoms with Gasteiger partial charge in [0.1, 0.15) is 5.75 Å². The van der Waals surface area contributed by atoms with Crippen LogP contribution >= 0.6 is 0 Å². The number of likely N-dealkylation sites (tertiary alicyclic amines) is 1. The van der Waals surface area contributed by atoms with Crippen molar-refractivity contribution < 1.29 is 9.53 Å². The smallest absolute Gasteiger partial charge is 0.223 e. The molecular weight excluding hydrogens is 312 g/mol. The lowest BCUT2D eigenvalue weighted by Gasteiger charge is -2.44. The van der Waals surface area contributed by atoms with E-state index in [2.05, 4.69) is 16.0 Å². The Labute approximate surface area is 149 Å². The summed E-state index contributed by atoms with van der Waals surface area (Å²) in [6.45, 7) is 0.960. The topological polar surface area (TPSA) is 45.3 Å². The molecule has 0 bridgehead atoms. The summed E-state index contributed by atoms with van der Waals surface area (Å²) in [5.41, 5.74) is 2.31. The predicted octanol–water partition coefficient (Wildman–Crippen LogP) is 4.29. The average molecular weight is 340 g/mol. The molecule has 1 aromatic heterocycles. The number of amides is 1. The SMILES string of the molecule is COc1ccc2[nH]cc(CCC(=O)N3CCCC4CCCCC43)c2c1. The fourth-order valence-corrected chi connectivity index (χ4v) is 4.81. The molecule has 2 unspecified atom stereocenters. The first-order chi connectivity index (χ1) is 12.3. The lowest BCUT2D eigenvalue weighted by Crippen LogP contribution is -2.49. The Morgan fingerprint density at radius 2 is 2.08 bits per heavy atom. The van der Waals surface area contributed by atoms with Crippen LogP contribution in [0.1, 0.15) is 50.5 Å². The Hall–Kier alpha value is -1.97. The van der Waals surface area contributed by atoms with Crippen molar-refractivity contribution in [3.63, 3.8) is 0 Å². The summed E-state index contributed by atoms with van der Waals surface area (Å²) in [7, 11) is 1.69. The maximum absolute atomic E-state index is 12.9. The van der Waals surface area contributed by atoms with Gasteiger partial charge in [0.2, 0.25) is 5.91 Å². The second-order valence-electron chi connectivity index (χ2n) is 7.57. The van der Waals surface area contributed by atoms with Gasteiger partial charge in [-0.3, -0.25) is 4.79 Å². The number of H-pyrrole nitrogens is 1. The van der Waals surface area contributed by atoms with E-state index in [0.29, 0.717) is 18.4 Å². The first-order valence-electron chi connectivity index (χ1n) is 9.70. The van der Waals surface area contributed by atoms with Crippen LogP contribution in [0, 0.1) is 5.92 Å². The Morgan fingerprint density at radius 3 is 2.96 bits per heavy atom. The molecule has 2 atom stereocenters. The van der Waals surface area contributed by atoms with E-state index in [9.17, 15) is 4.79 Å². The molecule has 4 heteroatoms. The van der Waals surface area contributed by atoms with Gasteiger partial charge in [0, 0.05) is 36.1 Å². The van der Waals surface area contributed by atoms with Gasteiger partial charge in [0.05, 0.1) is 7.11 Å². The number of hydrogen-bond acceptors (Lipinski definition) is 2. The van der Waals surface area contributed by atoms with Gasteiger partial charge in [-0.1, -0.05) is 12.8 Å². The van der Waals surface area contributed by atoms with Gasteiger partial charge in [-0.25, -0.2) is 0 Å². The van der Waals surface area contributed by atoms with Crippen molar-refractivity contribution in [2.45, 2.75) is 57.4 Å². The van der Waals surface area contributed by atoms with Gasteiger partial charge in [0.15, 0.2) is 0 Å². The number of carbonyl (C=O) groups excluding carboxylic acids is 1. The molecule has 1 N–H and O–H groups in total. The highest BCUT2D eigenvalue weighted by Gasteiger charge is 2.35. The molecule has 1 amide bonds. The number of carbonyl (C=O) groups is 1. The Balaban J connectivity index is 1.45. The van der Waals surface area contributed by atoms with E-state index in [1.54, 1.807) is 7.11 Å². The Bertz CT molecular complexity index is 749. The lowest BCUT2D eigenvalue weighted by atomic mass is 9.78. The summed E-state index contributed by atoms with van der Waals surface area (Å²) in [4.78, 5) is 18.4. The van der Waals surface area contributed by atoms with Gasteiger partial charge < -0.3 is 14.6 Å². The van der Waals surface area contributed by atoms with Crippen molar-refractivity contribution in [2.24, 2.45) is 5.92 Å². The van der Waals surface area contributed by atoms with E-state index in [4.69, 9.17) is 4.74 Å². The van der Waals surface area contributed by atoms with Crippen LogP contribution in [-0.4, -0.2) is 35.5 Å². The summed E-state index contributed by atoms with van der Waals surface area (Å²) >= 11 is 0. The van der Waals surface area contributed by atoms with Crippen LogP contribution in [0.25, 0.3) is 10.9 Å². The van der Waals surface area contributed by atoms with Crippen LogP contribution < -0.4 is 4.74 Å². The first kappa shape index (κ1) is 16.5. The van der Waals surface area contributed by atoms with E-state index >= 15 is 0 Å². The zero-order chi connectivity index (χ0) is 17.2. The number of nitrogens with one attached hydrogen (secondary N) is 1. The number of aryl methyl sites for hydroxylation is 1. The molecule has 2 heterocycles. The molecule has 4 rings (SSSR count). The number of rotatable bonds is 4. The van der Waals surface area contributed by atoms with Crippen molar-refractivity contribution in [1.29, 1.82) is 0 Å². The second-order valence-corrected chi connectivity index (χ2v) is 7.57. The van der Waals surface area contributed by atoms with Gasteiger partial charge in [0.25, 0.3) is 0 Å². The summed E-state index contributed by atoms with van der Waals surface area (Å²) in [5.74, 6) is 1.96. The molecule has 25 heavy (non-hydrogen) atoms. The normalized spacial score (nSPS) is 23.5. The number of methoxy groups -OCH3 is 1. The minimum Gasteiger partial charge on any atom is -0.497 e. The van der Waals surface area contributed by atoms with E-state index < -0.39 is 0 Å². The molecule has 0 radical (unpaired) electrons. The molecule has 2 fully saturated rings. The van der Waals surface area contributed by atoms with Gasteiger partial charge >= 0.3 is 0 Å². The summed E-state index contributed by atoms with van der Waals surface area (Å²) in [6.07, 6.45) is 11.1. The van der Waals surface area contributed by atoms with Crippen LogP contribution in [0.4, 0.5) is 0 Å². The van der Waals surface area contributed by atoms with Gasteiger partial charge in [-0.15, -0.1) is 0 Å². The average Bonchev–Trinajstić information content (AvgIpc) is 3.07. The van der Waals surface area contributed by atoms with Crippen LogP contribution in [0.5, 0.6) is 5.75 Å². The number of hydrogen-bond donors (Lipinski definition) is 1. The fourth-order valence-electron chi connectivity index (χ4n) is 4.81. The van der Waals surface area contributed by atoms with Crippen molar-refractivity contribution in [3.8, 4) is 5.75 Å². The summed E-state index contributed by atoms with van der Waals surface area (Å²) < 4.78 is 5.34. The molecule has 1 saturated heterocycles. The molecule has 1 aliphatic carbocycles. The fraction of sp³-hybridized carbons (Fsp3) is 0.571. The second kappa shape index (κ2) is 7.11. The number of fused-ring (bicyclic) bond motifs is 2. The molecule has 1 aromatic carbocycles. The van der Waals surface area contributed by atoms with Crippen LogP contribution in [0.2, 0.25) is 0 Å². The van der Waals surface area contributed by atoms with Crippen LogP contribution in [0.3, 0.4) is 0 Å². The highest BCUT2D eigenvalue weighted by Crippen LogP contribution is 2.35. The maximum atomic E-state index is 12.9. The molecular formula is C21H28N2O2. The standard InChI is InChI=1S/C21H28N2O2/c1-25-17-9-10-19-18(13-17)16(14-22-19)8-11-21(24)23-12-4-6-15-5-2-3-7-20(15)23/h9-10,13-15,20,22H,2-8,11-12H2,1H3. The first-order valence-corrected chi connectivity index (χ1v) is 9.70. The third-order valence-electron chi connectivity index (χ3n) is 6.15. The number of aromatic amines is 1. The van der Waals surface area contributed by atoms with Crippen molar-refractivity contribution >= 4 is 16.8 Å². The number of ether oxygens (including phenoxy) is 1. The molecule has 1 aliphatic heterocycles. The Morgan fingerprint density at radius 1 is 1.24 bits per heavy atom. The minimum absolute atomic E-state index is 0.342. The monoisotopic (exact) mass is 340 g/mol.